The second kappa shape index (κ2) is 7.45. The van der Waals surface area contributed by atoms with E-state index in [1.807, 2.05) is 30.5 Å². The predicted molar refractivity (Wildman–Crippen MR) is 102 cm³/mol. The van der Waals surface area contributed by atoms with Gasteiger partial charge in [0.2, 0.25) is 0 Å². The maximum Gasteiger partial charge on any atom is 0.252 e. The summed E-state index contributed by atoms with van der Waals surface area (Å²) in [6.07, 6.45) is 6.78. The van der Waals surface area contributed by atoms with Gasteiger partial charge in [0.25, 0.3) is 5.91 Å². The van der Waals surface area contributed by atoms with Gasteiger partial charge in [0.15, 0.2) is 5.82 Å². The van der Waals surface area contributed by atoms with Gasteiger partial charge in [-0.2, -0.15) is 5.10 Å². The van der Waals surface area contributed by atoms with Crippen molar-refractivity contribution in [2.24, 2.45) is 0 Å². The zero-order chi connectivity index (χ0) is 17.8. The van der Waals surface area contributed by atoms with Gasteiger partial charge in [-0.15, -0.1) is 11.3 Å². The van der Waals surface area contributed by atoms with Crippen LogP contribution in [0, 0.1) is 0 Å². The van der Waals surface area contributed by atoms with E-state index in [9.17, 15) is 4.79 Å². The monoisotopic (exact) mass is 363 g/mol. The molecular formula is C19H17N5OS. The number of thiazole rings is 1. The lowest BCUT2D eigenvalue weighted by Crippen LogP contribution is -2.25. The minimum atomic E-state index is -0.117. The number of benzene rings is 1. The molecule has 0 unspecified atom stereocenters. The number of amides is 1. The average molecular weight is 363 g/mol. The number of aryl methyl sites for hydroxylation is 1. The number of para-hydroxylation sites is 1. The number of hydrogen-bond donors (Lipinski definition) is 1. The first-order valence-electron chi connectivity index (χ1n) is 8.38. The molecule has 1 aromatic carbocycles. The lowest BCUT2D eigenvalue weighted by atomic mass is 10.2. The highest BCUT2D eigenvalue weighted by Crippen LogP contribution is 2.22. The molecule has 0 aliphatic rings. The van der Waals surface area contributed by atoms with Gasteiger partial charge in [0, 0.05) is 31.6 Å². The first-order valence-corrected chi connectivity index (χ1v) is 9.20. The number of carbonyl (C=O) groups is 1. The molecule has 3 aromatic heterocycles. The number of nitrogens with one attached hydrogen (secondary N) is 1. The second-order valence-corrected chi connectivity index (χ2v) is 6.91. The molecule has 0 saturated heterocycles. The van der Waals surface area contributed by atoms with Crippen LogP contribution in [0.25, 0.3) is 16.0 Å². The number of hydrogen-bond acceptors (Lipinski definition) is 5. The Balaban J connectivity index is 1.28. The predicted octanol–water partition coefficient (Wildman–Crippen LogP) is 3.24. The van der Waals surface area contributed by atoms with Gasteiger partial charge in [0.05, 0.1) is 20.8 Å². The summed E-state index contributed by atoms with van der Waals surface area (Å²) in [5.74, 6) is 0.566. The van der Waals surface area contributed by atoms with E-state index in [-0.39, 0.29) is 5.91 Å². The van der Waals surface area contributed by atoms with Crippen LogP contribution in [0.1, 0.15) is 21.8 Å². The summed E-state index contributed by atoms with van der Waals surface area (Å²) in [4.78, 5) is 21.1. The third-order valence-electron chi connectivity index (χ3n) is 3.94. The van der Waals surface area contributed by atoms with Crippen LogP contribution < -0.4 is 5.32 Å². The van der Waals surface area contributed by atoms with E-state index < -0.39 is 0 Å². The van der Waals surface area contributed by atoms with Gasteiger partial charge in [0.1, 0.15) is 0 Å². The molecule has 0 bridgehead atoms. The van der Waals surface area contributed by atoms with Gasteiger partial charge in [-0.05, 0) is 36.8 Å². The van der Waals surface area contributed by atoms with E-state index in [1.165, 1.54) is 4.70 Å². The minimum absolute atomic E-state index is 0.117. The molecule has 0 aliphatic heterocycles. The molecule has 0 aliphatic carbocycles. The minimum Gasteiger partial charge on any atom is -0.352 e. The van der Waals surface area contributed by atoms with Crippen LogP contribution in [0.5, 0.6) is 0 Å². The van der Waals surface area contributed by atoms with Crippen LogP contribution in [0.4, 0.5) is 0 Å². The normalized spacial score (nSPS) is 10.9. The van der Waals surface area contributed by atoms with Crippen molar-refractivity contribution >= 4 is 27.5 Å². The molecule has 1 amide bonds. The number of nitrogens with zero attached hydrogens (tertiary/aromatic N) is 4. The van der Waals surface area contributed by atoms with Crippen LogP contribution in [0.2, 0.25) is 0 Å². The molecule has 0 radical (unpaired) electrons. The van der Waals surface area contributed by atoms with Crippen molar-refractivity contribution in [1.29, 1.82) is 0 Å². The standard InChI is InChI=1S/C19H17N5OS/c25-19(14-8-9-17(21-13-14)24-12-4-11-22-24)20-10-3-7-18-23-15-5-1-2-6-16(15)26-18/h1-2,4-6,8-9,11-13H,3,7,10H2,(H,20,25). The van der Waals surface area contributed by atoms with Gasteiger partial charge in [-0.1, -0.05) is 12.1 Å². The number of fused-ring (bicyclic) bond motifs is 1. The SMILES string of the molecule is O=C(NCCCc1nc2ccccc2s1)c1ccc(-n2cccn2)nc1. The molecule has 4 aromatic rings. The molecule has 3 heterocycles. The summed E-state index contributed by atoms with van der Waals surface area (Å²) in [5.41, 5.74) is 1.58. The van der Waals surface area contributed by atoms with E-state index >= 15 is 0 Å². The van der Waals surface area contributed by atoms with Crippen molar-refractivity contribution in [3.8, 4) is 5.82 Å². The summed E-state index contributed by atoms with van der Waals surface area (Å²) in [6.45, 7) is 0.607. The fourth-order valence-electron chi connectivity index (χ4n) is 2.63. The molecule has 0 spiro atoms. The molecule has 7 heteroatoms. The molecule has 4 rings (SSSR count). The quantitative estimate of drug-likeness (QED) is 0.534. The van der Waals surface area contributed by atoms with E-state index in [2.05, 4.69) is 26.4 Å². The van der Waals surface area contributed by atoms with Gasteiger partial charge in [-0.3, -0.25) is 4.79 Å². The van der Waals surface area contributed by atoms with E-state index in [0.717, 1.165) is 23.4 Å². The molecule has 6 nitrogen and oxygen atoms in total. The Kier molecular flexibility index (Phi) is 4.70. The highest BCUT2D eigenvalue weighted by molar-refractivity contribution is 7.18. The fraction of sp³-hybridized carbons (Fsp3) is 0.158. The summed E-state index contributed by atoms with van der Waals surface area (Å²) < 4.78 is 2.86. The van der Waals surface area contributed by atoms with Crippen molar-refractivity contribution in [3.63, 3.8) is 0 Å². The second-order valence-electron chi connectivity index (χ2n) is 5.79. The summed E-state index contributed by atoms with van der Waals surface area (Å²) in [7, 11) is 0. The Morgan fingerprint density at radius 3 is 2.85 bits per heavy atom. The Labute approximate surface area is 154 Å². The summed E-state index contributed by atoms with van der Waals surface area (Å²) in [5, 5.41) is 8.15. The van der Waals surface area contributed by atoms with E-state index in [0.29, 0.717) is 17.9 Å². The van der Waals surface area contributed by atoms with E-state index in [4.69, 9.17) is 0 Å². The zero-order valence-corrected chi connectivity index (χ0v) is 14.8. The van der Waals surface area contributed by atoms with Crippen molar-refractivity contribution in [3.05, 3.63) is 71.6 Å². The number of rotatable bonds is 6. The Morgan fingerprint density at radius 1 is 1.15 bits per heavy atom. The van der Waals surface area contributed by atoms with Crippen molar-refractivity contribution in [2.75, 3.05) is 6.54 Å². The maximum atomic E-state index is 12.2. The van der Waals surface area contributed by atoms with E-state index in [1.54, 1.807) is 40.5 Å². The largest absolute Gasteiger partial charge is 0.352 e. The molecule has 0 atom stereocenters. The van der Waals surface area contributed by atoms with Crippen molar-refractivity contribution in [1.82, 2.24) is 25.1 Å². The highest BCUT2D eigenvalue weighted by Gasteiger charge is 2.07. The van der Waals surface area contributed by atoms with Crippen molar-refractivity contribution in [2.45, 2.75) is 12.8 Å². The van der Waals surface area contributed by atoms with Crippen LogP contribution in [0.15, 0.2) is 61.1 Å². The summed E-state index contributed by atoms with van der Waals surface area (Å²) >= 11 is 1.71. The Bertz CT molecular complexity index is 975. The maximum absolute atomic E-state index is 12.2. The molecular weight excluding hydrogens is 346 g/mol. The molecule has 26 heavy (non-hydrogen) atoms. The molecule has 1 N–H and O–H groups in total. The first-order chi connectivity index (χ1) is 12.8. The van der Waals surface area contributed by atoms with Crippen LogP contribution in [-0.2, 0) is 6.42 Å². The molecule has 0 fully saturated rings. The topological polar surface area (TPSA) is 72.7 Å². The van der Waals surface area contributed by atoms with Gasteiger partial charge >= 0.3 is 0 Å². The fourth-order valence-corrected chi connectivity index (χ4v) is 3.64. The molecule has 0 saturated carbocycles. The lowest BCUT2D eigenvalue weighted by molar-refractivity contribution is 0.0953. The lowest BCUT2D eigenvalue weighted by Gasteiger charge is -2.05. The third-order valence-corrected chi connectivity index (χ3v) is 5.04. The summed E-state index contributed by atoms with van der Waals surface area (Å²) in [6, 6.07) is 13.5. The zero-order valence-electron chi connectivity index (χ0n) is 14.0. The average Bonchev–Trinajstić information content (AvgIpc) is 3.34. The van der Waals surface area contributed by atoms with Crippen LogP contribution >= 0.6 is 11.3 Å². The van der Waals surface area contributed by atoms with Gasteiger partial charge < -0.3 is 5.32 Å². The first kappa shape index (κ1) is 16.4. The Hall–Kier alpha value is -3.06. The molecule has 130 valence electrons. The van der Waals surface area contributed by atoms with Crippen molar-refractivity contribution < 1.29 is 4.79 Å². The third kappa shape index (κ3) is 3.62. The number of carbonyl (C=O) groups excluding carboxylic acids is 1. The van der Waals surface area contributed by atoms with Gasteiger partial charge in [-0.25, -0.2) is 14.6 Å². The Morgan fingerprint density at radius 2 is 2.08 bits per heavy atom. The number of pyridine rings is 1. The highest BCUT2D eigenvalue weighted by atomic mass is 32.1. The van der Waals surface area contributed by atoms with Crippen LogP contribution in [0.3, 0.4) is 0 Å². The number of aromatic nitrogens is 4. The van der Waals surface area contributed by atoms with Crippen LogP contribution in [-0.4, -0.2) is 32.2 Å². The smallest absolute Gasteiger partial charge is 0.252 e.